The highest BCUT2D eigenvalue weighted by Crippen LogP contribution is 2.19. The molecule has 1 aliphatic rings. The molecule has 4 nitrogen and oxygen atoms in total. The van der Waals surface area contributed by atoms with Crippen LogP contribution in [0.4, 0.5) is 11.4 Å². The van der Waals surface area contributed by atoms with Crippen molar-refractivity contribution in [3.63, 3.8) is 0 Å². The minimum absolute atomic E-state index is 0.0374. The molecule has 1 aliphatic heterocycles. The molecule has 1 amide bonds. The summed E-state index contributed by atoms with van der Waals surface area (Å²) >= 11 is 5.95. The summed E-state index contributed by atoms with van der Waals surface area (Å²) < 4.78 is 0. The molecule has 1 N–H and O–H groups in total. The predicted molar refractivity (Wildman–Crippen MR) is 99.9 cm³/mol. The highest BCUT2D eigenvalue weighted by Gasteiger charge is 2.14. The van der Waals surface area contributed by atoms with Crippen LogP contribution in [-0.4, -0.2) is 44.0 Å². The van der Waals surface area contributed by atoms with Crippen LogP contribution in [-0.2, 0) is 11.2 Å². The lowest BCUT2D eigenvalue weighted by Gasteiger charge is -2.34. The first kappa shape index (κ1) is 16.8. The number of halogens is 1. The molecule has 0 bridgehead atoms. The zero-order valence-electron chi connectivity index (χ0n) is 13.8. The zero-order chi connectivity index (χ0) is 16.9. The van der Waals surface area contributed by atoms with Crippen LogP contribution in [0.5, 0.6) is 0 Å². The van der Waals surface area contributed by atoms with Gasteiger partial charge in [-0.15, -0.1) is 0 Å². The van der Waals surface area contributed by atoms with Crippen LogP contribution in [0.25, 0.3) is 0 Å². The van der Waals surface area contributed by atoms with E-state index < -0.39 is 0 Å². The fourth-order valence-corrected chi connectivity index (χ4v) is 3.07. The Kier molecular flexibility index (Phi) is 5.38. The van der Waals surface area contributed by atoms with Crippen LogP contribution >= 0.6 is 11.6 Å². The number of nitrogens with zero attached hydrogens (tertiary/aromatic N) is 2. The molecule has 0 radical (unpaired) electrons. The van der Waals surface area contributed by atoms with E-state index in [0.29, 0.717) is 11.4 Å². The maximum absolute atomic E-state index is 12.1. The van der Waals surface area contributed by atoms with E-state index >= 15 is 0 Å². The van der Waals surface area contributed by atoms with Crippen molar-refractivity contribution >= 4 is 28.9 Å². The van der Waals surface area contributed by atoms with Gasteiger partial charge in [0.1, 0.15) is 0 Å². The zero-order valence-corrected chi connectivity index (χ0v) is 14.6. The summed E-state index contributed by atoms with van der Waals surface area (Å²) in [7, 11) is 2.15. The lowest BCUT2D eigenvalue weighted by Crippen LogP contribution is -2.44. The molecule has 3 rings (SSSR count). The molecule has 1 saturated heterocycles. The number of benzene rings is 2. The van der Waals surface area contributed by atoms with Gasteiger partial charge in [-0.05, 0) is 49.0 Å². The van der Waals surface area contributed by atoms with Crippen molar-refractivity contribution in [3.8, 4) is 0 Å². The van der Waals surface area contributed by atoms with E-state index in [-0.39, 0.29) is 5.91 Å². The predicted octanol–water partition coefficient (Wildman–Crippen LogP) is 3.27. The number of carbonyl (C=O) groups excluding carboxylic acids is 1. The minimum atomic E-state index is -0.0374. The van der Waals surface area contributed by atoms with Crippen LogP contribution in [0.3, 0.4) is 0 Å². The average Bonchev–Trinajstić information content (AvgIpc) is 2.56. The van der Waals surface area contributed by atoms with Crippen molar-refractivity contribution in [2.75, 3.05) is 43.4 Å². The standard InChI is InChI=1S/C19H22ClN3O/c1-22-9-11-23(12-10-22)18-7-5-17(6-8-18)21-19(24)14-15-3-2-4-16(20)13-15/h2-8,13H,9-12,14H2,1H3,(H,21,24). The third-order valence-electron chi connectivity index (χ3n) is 4.27. The summed E-state index contributed by atoms with van der Waals surface area (Å²) in [5, 5.41) is 3.59. The van der Waals surface area contributed by atoms with E-state index in [1.807, 2.05) is 30.3 Å². The summed E-state index contributed by atoms with van der Waals surface area (Å²) in [5.74, 6) is -0.0374. The number of piperazine rings is 1. The number of rotatable bonds is 4. The van der Waals surface area contributed by atoms with Gasteiger partial charge < -0.3 is 15.1 Å². The Hall–Kier alpha value is -2.04. The lowest BCUT2D eigenvalue weighted by molar-refractivity contribution is -0.115. The Balaban J connectivity index is 1.56. The highest BCUT2D eigenvalue weighted by molar-refractivity contribution is 6.30. The number of hydrogen-bond donors (Lipinski definition) is 1. The third kappa shape index (κ3) is 4.49. The van der Waals surface area contributed by atoms with Gasteiger partial charge in [-0.2, -0.15) is 0 Å². The van der Waals surface area contributed by atoms with E-state index in [9.17, 15) is 4.79 Å². The van der Waals surface area contributed by atoms with Crippen molar-refractivity contribution in [3.05, 3.63) is 59.1 Å². The normalized spacial score (nSPS) is 15.3. The summed E-state index contributed by atoms with van der Waals surface area (Å²) in [6.45, 7) is 4.24. The molecule has 2 aromatic carbocycles. The van der Waals surface area contributed by atoms with E-state index in [1.54, 1.807) is 6.07 Å². The number of nitrogens with one attached hydrogen (secondary N) is 1. The first-order valence-corrected chi connectivity index (χ1v) is 8.56. The summed E-state index contributed by atoms with van der Waals surface area (Å²) in [5.41, 5.74) is 2.94. The maximum atomic E-state index is 12.1. The van der Waals surface area contributed by atoms with Gasteiger partial charge in [0.15, 0.2) is 0 Å². The topological polar surface area (TPSA) is 35.6 Å². The smallest absolute Gasteiger partial charge is 0.228 e. The molecule has 126 valence electrons. The molecule has 1 heterocycles. The van der Waals surface area contributed by atoms with Crippen molar-refractivity contribution in [1.82, 2.24) is 4.90 Å². The van der Waals surface area contributed by atoms with Gasteiger partial charge in [-0.1, -0.05) is 23.7 Å². The van der Waals surface area contributed by atoms with Crippen LogP contribution in [0.2, 0.25) is 5.02 Å². The quantitative estimate of drug-likeness (QED) is 0.925. The van der Waals surface area contributed by atoms with Crippen molar-refractivity contribution in [2.24, 2.45) is 0 Å². The third-order valence-corrected chi connectivity index (χ3v) is 4.51. The molecule has 0 saturated carbocycles. The summed E-state index contributed by atoms with van der Waals surface area (Å²) in [6.07, 6.45) is 0.320. The number of likely N-dealkylation sites (N-methyl/N-ethyl adjacent to an activating group) is 1. The lowest BCUT2D eigenvalue weighted by atomic mass is 10.1. The van der Waals surface area contributed by atoms with Gasteiger partial charge in [-0.3, -0.25) is 4.79 Å². The molecule has 0 unspecified atom stereocenters. The largest absolute Gasteiger partial charge is 0.369 e. The molecule has 0 atom stereocenters. The number of hydrogen-bond acceptors (Lipinski definition) is 3. The monoisotopic (exact) mass is 343 g/mol. The highest BCUT2D eigenvalue weighted by atomic mass is 35.5. The Morgan fingerprint density at radius 2 is 1.79 bits per heavy atom. The molecule has 1 fully saturated rings. The Morgan fingerprint density at radius 1 is 1.08 bits per heavy atom. The van der Waals surface area contributed by atoms with Crippen molar-refractivity contribution in [1.29, 1.82) is 0 Å². The molecule has 0 aromatic heterocycles. The Bertz CT molecular complexity index is 694. The van der Waals surface area contributed by atoms with Gasteiger partial charge >= 0.3 is 0 Å². The first-order chi connectivity index (χ1) is 11.6. The minimum Gasteiger partial charge on any atom is -0.369 e. The van der Waals surface area contributed by atoms with E-state index in [1.165, 1.54) is 5.69 Å². The second kappa shape index (κ2) is 7.69. The SMILES string of the molecule is CN1CCN(c2ccc(NC(=O)Cc3cccc(Cl)c3)cc2)CC1. The average molecular weight is 344 g/mol. The first-order valence-electron chi connectivity index (χ1n) is 8.18. The fourth-order valence-electron chi connectivity index (χ4n) is 2.86. The molecule has 2 aromatic rings. The molecule has 24 heavy (non-hydrogen) atoms. The molecular formula is C19H22ClN3O. The second-order valence-corrected chi connectivity index (χ2v) is 6.63. The van der Waals surface area contributed by atoms with Crippen molar-refractivity contribution in [2.45, 2.75) is 6.42 Å². The summed E-state index contributed by atoms with van der Waals surface area (Å²) in [6, 6.07) is 15.4. The van der Waals surface area contributed by atoms with E-state index in [2.05, 4.69) is 34.3 Å². The van der Waals surface area contributed by atoms with Crippen LogP contribution in [0.15, 0.2) is 48.5 Å². The van der Waals surface area contributed by atoms with Gasteiger partial charge in [-0.25, -0.2) is 0 Å². The summed E-state index contributed by atoms with van der Waals surface area (Å²) in [4.78, 5) is 16.9. The molecule has 0 aliphatic carbocycles. The van der Waals surface area contributed by atoms with Gasteiger partial charge in [0, 0.05) is 42.6 Å². The van der Waals surface area contributed by atoms with Crippen LogP contribution < -0.4 is 10.2 Å². The number of amides is 1. The fraction of sp³-hybridized carbons (Fsp3) is 0.316. The van der Waals surface area contributed by atoms with Crippen LogP contribution in [0, 0.1) is 0 Å². The van der Waals surface area contributed by atoms with Gasteiger partial charge in [0.25, 0.3) is 0 Å². The molecule has 0 spiro atoms. The van der Waals surface area contributed by atoms with Gasteiger partial charge in [0.2, 0.25) is 5.91 Å². The van der Waals surface area contributed by atoms with Crippen LogP contribution in [0.1, 0.15) is 5.56 Å². The van der Waals surface area contributed by atoms with Crippen molar-refractivity contribution < 1.29 is 4.79 Å². The molecule has 5 heteroatoms. The molecular weight excluding hydrogens is 322 g/mol. The maximum Gasteiger partial charge on any atom is 0.228 e. The number of carbonyl (C=O) groups is 1. The van der Waals surface area contributed by atoms with Gasteiger partial charge in [0.05, 0.1) is 6.42 Å². The second-order valence-electron chi connectivity index (χ2n) is 6.19. The number of anilines is 2. The Labute approximate surface area is 148 Å². The Morgan fingerprint density at radius 3 is 2.46 bits per heavy atom. The van der Waals surface area contributed by atoms with E-state index in [4.69, 9.17) is 11.6 Å². The van der Waals surface area contributed by atoms with E-state index in [0.717, 1.165) is 37.4 Å².